The van der Waals surface area contributed by atoms with E-state index in [2.05, 4.69) is 0 Å². The molecule has 0 aliphatic carbocycles. The number of para-hydroxylation sites is 1. The molecule has 9 heteroatoms. The van der Waals surface area contributed by atoms with Gasteiger partial charge in [-0.2, -0.15) is 0 Å². The fourth-order valence-corrected chi connectivity index (χ4v) is 4.43. The lowest BCUT2D eigenvalue weighted by atomic mass is 10.2. The third-order valence-electron chi connectivity index (χ3n) is 4.24. The van der Waals surface area contributed by atoms with Gasteiger partial charge in [0.2, 0.25) is 0 Å². The summed E-state index contributed by atoms with van der Waals surface area (Å²) in [6.45, 7) is -0.538. The van der Waals surface area contributed by atoms with Crippen LogP contribution in [0.3, 0.4) is 0 Å². The molecule has 2 aromatic carbocycles. The summed E-state index contributed by atoms with van der Waals surface area (Å²) in [5.41, 5.74) is 1.15. The number of rotatable bonds is 6. The van der Waals surface area contributed by atoms with Crippen molar-refractivity contribution in [3.05, 3.63) is 81.7 Å². The summed E-state index contributed by atoms with van der Waals surface area (Å²) in [5.74, 6) is -1.49. The monoisotopic (exact) mass is 465 g/mol. The van der Waals surface area contributed by atoms with Gasteiger partial charge in [-0.3, -0.25) is 4.79 Å². The molecular formula is C21H17Cl2NO5S. The molecule has 0 saturated carbocycles. The van der Waals surface area contributed by atoms with Gasteiger partial charge in [-0.05, 0) is 42.0 Å². The second-order valence-corrected chi connectivity index (χ2v) is 9.18. The molecule has 0 aromatic heterocycles. The Morgan fingerprint density at radius 2 is 1.83 bits per heavy atom. The first kappa shape index (κ1) is 22.1. The molecule has 0 unspecified atom stereocenters. The third-order valence-corrected chi connectivity index (χ3v) is 6.36. The molecule has 3 rings (SSSR count). The van der Waals surface area contributed by atoms with Gasteiger partial charge in [0.15, 0.2) is 16.4 Å². The number of sulfone groups is 1. The second-order valence-electron chi connectivity index (χ2n) is 6.44. The normalized spacial score (nSPS) is 17.2. The molecule has 6 nitrogen and oxygen atoms in total. The highest BCUT2D eigenvalue weighted by Gasteiger charge is 2.31. The van der Waals surface area contributed by atoms with E-state index in [9.17, 15) is 18.0 Å². The van der Waals surface area contributed by atoms with Crippen molar-refractivity contribution in [2.45, 2.75) is 6.04 Å². The fourth-order valence-electron chi connectivity index (χ4n) is 2.86. The van der Waals surface area contributed by atoms with Crippen molar-refractivity contribution >= 4 is 56.7 Å². The standard InChI is InChI=1S/C21H17Cl2NO5S/c22-18-8-6-15(12-19(18)23)7-9-21(26)29-13-20(25)24(16-4-2-1-3-5-16)17-10-11-30(27,28)14-17/h1-12,17H,13-14H2/b9-7+/t17-/m1/s1. The molecule has 0 spiro atoms. The Hall–Kier alpha value is -2.61. The van der Waals surface area contributed by atoms with Crippen LogP contribution < -0.4 is 4.90 Å². The Kier molecular flexibility index (Phi) is 6.97. The van der Waals surface area contributed by atoms with Gasteiger partial charge in [-0.25, -0.2) is 13.2 Å². The van der Waals surface area contributed by atoms with Crippen LogP contribution in [0, 0.1) is 0 Å². The average molecular weight is 466 g/mol. The molecule has 0 radical (unpaired) electrons. The van der Waals surface area contributed by atoms with Crippen LogP contribution in [0.25, 0.3) is 6.08 Å². The van der Waals surface area contributed by atoms with Crippen LogP contribution >= 0.6 is 23.2 Å². The van der Waals surface area contributed by atoms with Gasteiger partial charge in [-0.1, -0.05) is 47.5 Å². The molecule has 0 bridgehead atoms. The van der Waals surface area contributed by atoms with Crippen molar-refractivity contribution in [3.8, 4) is 0 Å². The molecule has 0 N–H and O–H groups in total. The van der Waals surface area contributed by atoms with Crippen molar-refractivity contribution in [1.29, 1.82) is 0 Å². The largest absolute Gasteiger partial charge is 0.452 e. The summed E-state index contributed by atoms with van der Waals surface area (Å²) in [6, 6.07) is 12.8. The van der Waals surface area contributed by atoms with Crippen LogP contribution in [-0.2, 0) is 24.2 Å². The highest BCUT2D eigenvalue weighted by molar-refractivity contribution is 7.94. The lowest BCUT2D eigenvalue weighted by molar-refractivity contribution is -0.143. The van der Waals surface area contributed by atoms with Crippen molar-refractivity contribution in [1.82, 2.24) is 0 Å². The number of ether oxygens (including phenoxy) is 1. The topological polar surface area (TPSA) is 80.8 Å². The maximum Gasteiger partial charge on any atom is 0.331 e. The maximum atomic E-state index is 12.8. The Balaban J connectivity index is 1.67. The van der Waals surface area contributed by atoms with E-state index in [1.165, 1.54) is 23.1 Å². The van der Waals surface area contributed by atoms with Gasteiger partial charge in [0.05, 0.1) is 21.8 Å². The second kappa shape index (κ2) is 9.47. The van der Waals surface area contributed by atoms with Gasteiger partial charge in [-0.15, -0.1) is 0 Å². The summed E-state index contributed by atoms with van der Waals surface area (Å²) < 4.78 is 28.6. The van der Waals surface area contributed by atoms with Crippen LogP contribution in [0.4, 0.5) is 5.69 Å². The first-order valence-corrected chi connectivity index (χ1v) is 11.3. The lowest BCUT2D eigenvalue weighted by Gasteiger charge is -2.27. The van der Waals surface area contributed by atoms with Crippen molar-refractivity contribution in [2.24, 2.45) is 0 Å². The number of hydrogen-bond donors (Lipinski definition) is 0. The third kappa shape index (κ3) is 5.72. The molecular weight excluding hydrogens is 449 g/mol. The van der Waals surface area contributed by atoms with Gasteiger partial charge in [0.1, 0.15) is 0 Å². The van der Waals surface area contributed by atoms with Crippen LogP contribution in [0.5, 0.6) is 0 Å². The number of nitrogens with zero attached hydrogens (tertiary/aromatic N) is 1. The smallest absolute Gasteiger partial charge is 0.331 e. The zero-order valence-corrected chi connectivity index (χ0v) is 17.9. The number of halogens is 2. The van der Waals surface area contributed by atoms with E-state index in [1.807, 2.05) is 0 Å². The molecule has 1 atom stereocenters. The molecule has 156 valence electrons. The summed E-state index contributed by atoms with van der Waals surface area (Å²) in [6.07, 6.45) is 4.10. The Morgan fingerprint density at radius 1 is 1.10 bits per heavy atom. The highest BCUT2D eigenvalue weighted by Crippen LogP contribution is 2.24. The fraction of sp³-hybridized carbons (Fsp3) is 0.143. The van der Waals surface area contributed by atoms with E-state index in [4.69, 9.17) is 27.9 Å². The Morgan fingerprint density at radius 3 is 2.47 bits per heavy atom. The predicted octanol–water partition coefficient (Wildman–Crippen LogP) is 3.89. The van der Waals surface area contributed by atoms with Crippen molar-refractivity contribution < 1.29 is 22.7 Å². The molecule has 1 amide bonds. The molecule has 1 aliphatic heterocycles. The van der Waals surface area contributed by atoms with E-state index in [-0.39, 0.29) is 5.75 Å². The summed E-state index contributed by atoms with van der Waals surface area (Å²) >= 11 is 11.8. The maximum absolute atomic E-state index is 12.8. The minimum absolute atomic E-state index is 0.223. The van der Waals surface area contributed by atoms with E-state index in [0.717, 1.165) is 5.41 Å². The van der Waals surface area contributed by atoms with Gasteiger partial charge in [0.25, 0.3) is 5.91 Å². The van der Waals surface area contributed by atoms with Crippen LogP contribution in [0.2, 0.25) is 10.0 Å². The number of carbonyl (C=O) groups excluding carboxylic acids is 2. The number of hydrogen-bond acceptors (Lipinski definition) is 5. The Labute approximate surface area is 184 Å². The van der Waals surface area contributed by atoms with Crippen molar-refractivity contribution in [3.63, 3.8) is 0 Å². The average Bonchev–Trinajstić information content (AvgIpc) is 3.07. The molecule has 0 fully saturated rings. The van der Waals surface area contributed by atoms with Gasteiger partial charge >= 0.3 is 5.97 Å². The molecule has 30 heavy (non-hydrogen) atoms. The molecule has 2 aromatic rings. The molecule has 0 saturated heterocycles. The van der Waals surface area contributed by atoms with Crippen molar-refractivity contribution in [2.75, 3.05) is 17.3 Å². The van der Waals surface area contributed by atoms with E-state index in [0.29, 0.717) is 21.3 Å². The number of anilines is 1. The Bertz CT molecular complexity index is 1110. The quantitative estimate of drug-likeness (QED) is 0.477. The van der Waals surface area contributed by atoms with Crippen LogP contribution in [0.1, 0.15) is 5.56 Å². The van der Waals surface area contributed by atoms with E-state index in [1.54, 1.807) is 48.5 Å². The number of amides is 1. The van der Waals surface area contributed by atoms with Crippen LogP contribution in [-0.4, -0.2) is 38.7 Å². The minimum atomic E-state index is -3.37. The first-order valence-electron chi connectivity index (χ1n) is 8.83. The molecule has 1 heterocycles. The minimum Gasteiger partial charge on any atom is -0.452 e. The zero-order chi connectivity index (χ0) is 21.7. The highest BCUT2D eigenvalue weighted by atomic mass is 35.5. The number of carbonyl (C=O) groups is 2. The lowest BCUT2D eigenvalue weighted by Crippen LogP contribution is -2.43. The molecule has 1 aliphatic rings. The number of esters is 1. The summed E-state index contributed by atoms with van der Waals surface area (Å²) in [5, 5.41) is 1.83. The van der Waals surface area contributed by atoms with Gasteiger partial charge < -0.3 is 9.64 Å². The van der Waals surface area contributed by atoms with Crippen LogP contribution in [0.15, 0.2) is 66.1 Å². The summed E-state index contributed by atoms with van der Waals surface area (Å²) in [4.78, 5) is 26.1. The number of benzene rings is 2. The predicted molar refractivity (Wildman–Crippen MR) is 117 cm³/mol. The zero-order valence-electron chi connectivity index (χ0n) is 15.6. The SMILES string of the molecule is O=C(/C=C/c1ccc(Cl)c(Cl)c1)OCC(=O)N(c1ccccc1)[C@@H]1C=CS(=O)(=O)C1. The first-order chi connectivity index (χ1) is 14.2. The summed E-state index contributed by atoms with van der Waals surface area (Å²) in [7, 11) is -3.37. The van der Waals surface area contributed by atoms with E-state index < -0.39 is 34.4 Å². The van der Waals surface area contributed by atoms with Gasteiger partial charge in [0, 0.05) is 17.2 Å². The van der Waals surface area contributed by atoms with E-state index >= 15 is 0 Å².